The number of ether oxygens (including phenoxy) is 1. The third kappa shape index (κ3) is 4.34. The lowest BCUT2D eigenvalue weighted by molar-refractivity contribution is -0.116. The van der Waals surface area contributed by atoms with E-state index >= 15 is 0 Å². The first-order chi connectivity index (χ1) is 11.0. The van der Waals surface area contributed by atoms with Gasteiger partial charge in [0.05, 0.1) is 12.2 Å². The van der Waals surface area contributed by atoms with E-state index in [1.807, 2.05) is 13.8 Å². The molecule has 1 aliphatic rings. The molecule has 1 aromatic heterocycles. The average Bonchev–Trinajstić information content (AvgIpc) is 2.82. The first-order valence-corrected chi connectivity index (χ1v) is 9.39. The van der Waals surface area contributed by atoms with Crippen molar-refractivity contribution in [1.82, 2.24) is 0 Å². The van der Waals surface area contributed by atoms with Crippen molar-refractivity contribution in [2.24, 2.45) is 11.8 Å². The molecule has 0 unspecified atom stereocenters. The Kier molecular flexibility index (Phi) is 6.22. The van der Waals surface area contributed by atoms with Crippen molar-refractivity contribution in [2.45, 2.75) is 59.8 Å². The summed E-state index contributed by atoms with van der Waals surface area (Å²) in [7, 11) is 0. The minimum Gasteiger partial charge on any atom is -0.462 e. The maximum Gasteiger partial charge on any atom is 0.341 e. The maximum absolute atomic E-state index is 12.4. The summed E-state index contributed by atoms with van der Waals surface area (Å²) in [5, 5.41) is 3.63. The number of nitrogens with one attached hydrogen (secondary N) is 1. The van der Waals surface area contributed by atoms with Crippen LogP contribution in [0.2, 0.25) is 0 Å². The van der Waals surface area contributed by atoms with Crippen LogP contribution in [0.25, 0.3) is 0 Å². The molecule has 5 heteroatoms. The number of carbonyl (C=O) groups is 2. The van der Waals surface area contributed by atoms with E-state index in [4.69, 9.17) is 4.74 Å². The first-order valence-electron chi connectivity index (χ1n) is 8.57. The predicted octanol–water partition coefficient (Wildman–Crippen LogP) is 4.42. The summed E-state index contributed by atoms with van der Waals surface area (Å²) in [5.41, 5.74) is 1.69. The van der Waals surface area contributed by atoms with Gasteiger partial charge in [-0.1, -0.05) is 27.2 Å². The Morgan fingerprint density at radius 3 is 2.70 bits per heavy atom. The van der Waals surface area contributed by atoms with E-state index in [1.54, 1.807) is 18.3 Å². The van der Waals surface area contributed by atoms with Crippen molar-refractivity contribution in [3.63, 3.8) is 0 Å². The number of thiophene rings is 1. The fourth-order valence-corrected chi connectivity index (χ4v) is 4.42. The third-order valence-corrected chi connectivity index (χ3v) is 5.44. The second-order valence-corrected chi connectivity index (χ2v) is 7.70. The van der Waals surface area contributed by atoms with Crippen LogP contribution in [-0.2, 0) is 22.4 Å². The topological polar surface area (TPSA) is 55.4 Å². The van der Waals surface area contributed by atoms with Gasteiger partial charge in [0.15, 0.2) is 0 Å². The van der Waals surface area contributed by atoms with Crippen LogP contribution in [0.5, 0.6) is 0 Å². The molecule has 1 atom stereocenters. The van der Waals surface area contributed by atoms with Gasteiger partial charge in [0.2, 0.25) is 5.91 Å². The largest absolute Gasteiger partial charge is 0.462 e. The van der Waals surface area contributed by atoms with E-state index in [-0.39, 0.29) is 11.9 Å². The minimum absolute atomic E-state index is 0.0313. The van der Waals surface area contributed by atoms with E-state index in [0.29, 0.717) is 35.4 Å². The molecule has 0 aliphatic heterocycles. The summed E-state index contributed by atoms with van der Waals surface area (Å²) in [6, 6.07) is 0. The van der Waals surface area contributed by atoms with E-state index in [1.165, 1.54) is 4.88 Å². The molecule has 2 rings (SSSR count). The Morgan fingerprint density at radius 1 is 1.35 bits per heavy atom. The Bertz CT molecular complexity index is 577. The molecule has 0 aromatic carbocycles. The Morgan fingerprint density at radius 2 is 2.09 bits per heavy atom. The van der Waals surface area contributed by atoms with Crippen molar-refractivity contribution < 1.29 is 14.3 Å². The Labute approximate surface area is 142 Å². The molecule has 0 spiro atoms. The molecule has 1 amide bonds. The van der Waals surface area contributed by atoms with Crippen LogP contribution in [0.1, 0.15) is 67.8 Å². The van der Waals surface area contributed by atoms with Crippen molar-refractivity contribution in [3.05, 3.63) is 16.0 Å². The zero-order chi connectivity index (χ0) is 17.0. The number of anilines is 1. The molecule has 1 aliphatic carbocycles. The first kappa shape index (κ1) is 18.0. The van der Waals surface area contributed by atoms with Crippen LogP contribution >= 0.6 is 11.3 Å². The molecular weight excluding hydrogens is 310 g/mol. The molecular formula is C18H27NO3S. The summed E-state index contributed by atoms with van der Waals surface area (Å²) < 4.78 is 5.23. The smallest absolute Gasteiger partial charge is 0.341 e. The van der Waals surface area contributed by atoms with Gasteiger partial charge in [0.25, 0.3) is 0 Å². The van der Waals surface area contributed by atoms with Gasteiger partial charge in [-0.15, -0.1) is 11.3 Å². The van der Waals surface area contributed by atoms with Crippen LogP contribution in [0.15, 0.2) is 0 Å². The van der Waals surface area contributed by atoms with Gasteiger partial charge in [-0.3, -0.25) is 4.79 Å². The lowest BCUT2D eigenvalue weighted by atomic mass is 9.85. The standard InChI is InChI=1S/C18H27NO3S/c1-5-12-7-8-13-14(10-12)23-17(16(13)18(21)22-6-2)19-15(20)9-11(3)4/h11-12H,5-10H2,1-4H3,(H,19,20)/t12-/m0/s1. The molecule has 0 saturated carbocycles. The van der Waals surface area contributed by atoms with Gasteiger partial charge in [-0.2, -0.15) is 0 Å². The molecule has 0 radical (unpaired) electrons. The highest BCUT2D eigenvalue weighted by Gasteiger charge is 2.29. The second-order valence-electron chi connectivity index (χ2n) is 6.59. The van der Waals surface area contributed by atoms with Crippen molar-refractivity contribution in [3.8, 4) is 0 Å². The maximum atomic E-state index is 12.4. The summed E-state index contributed by atoms with van der Waals surface area (Å²) >= 11 is 1.56. The summed E-state index contributed by atoms with van der Waals surface area (Å²) in [6.07, 6.45) is 4.62. The highest BCUT2D eigenvalue weighted by molar-refractivity contribution is 7.17. The van der Waals surface area contributed by atoms with Crippen LogP contribution in [0.4, 0.5) is 5.00 Å². The molecule has 0 saturated heterocycles. The number of hydrogen-bond donors (Lipinski definition) is 1. The van der Waals surface area contributed by atoms with E-state index in [0.717, 1.165) is 31.2 Å². The number of esters is 1. The monoisotopic (exact) mass is 337 g/mol. The van der Waals surface area contributed by atoms with Gasteiger partial charge in [0.1, 0.15) is 5.00 Å². The van der Waals surface area contributed by atoms with Gasteiger partial charge in [-0.25, -0.2) is 4.79 Å². The highest BCUT2D eigenvalue weighted by Crippen LogP contribution is 2.40. The van der Waals surface area contributed by atoms with Crippen molar-refractivity contribution in [1.29, 1.82) is 0 Å². The SMILES string of the molecule is CCOC(=O)c1c(NC(=O)CC(C)C)sc2c1CC[C@H](CC)C2. The van der Waals surface area contributed by atoms with Crippen molar-refractivity contribution >= 4 is 28.2 Å². The third-order valence-electron chi connectivity index (χ3n) is 4.27. The van der Waals surface area contributed by atoms with Gasteiger partial charge >= 0.3 is 5.97 Å². The highest BCUT2D eigenvalue weighted by atomic mass is 32.1. The van der Waals surface area contributed by atoms with E-state index < -0.39 is 0 Å². The number of rotatable bonds is 6. The normalized spacial score (nSPS) is 17.0. The summed E-state index contributed by atoms with van der Waals surface area (Å²) in [5.74, 6) is 0.631. The molecule has 4 nitrogen and oxygen atoms in total. The lowest BCUT2D eigenvalue weighted by Gasteiger charge is -2.20. The number of amides is 1. The second kappa shape index (κ2) is 7.95. The fourth-order valence-electron chi connectivity index (χ4n) is 3.06. The molecule has 0 bridgehead atoms. The molecule has 0 fully saturated rings. The zero-order valence-corrected chi connectivity index (χ0v) is 15.3. The van der Waals surface area contributed by atoms with Crippen LogP contribution in [-0.4, -0.2) is 18.5 Å². The minimum atomic E-state index is -0.306. The van der Waals surface area contributed by atoms with E-state index in [2.05, 4.69) is 12.2 Å². The summed E-state index contributed by atoms with van der Waals surface area (Å²) in [6.45, 7) is 8.39. The lowest BCUT2D eigenvalue weighted by Crippen LogP contribution is -2.17. The molecule has 1 heterocycles. The molecule has 23 heavy (non-hydrogen) atoms. The predicted molar refractivity (Wildman–Crippen MR) is 94.2 cm³/mol. The van der Waals surface area contributed by atoms with Gasteiger partial charge < -0.3 is 10.1 Å². The molecule has 1 N–H and O–H groups in total. The van der Waals surface area contributed by atoms with Crippen LogP contribution < -0.4 is 5.32 Å². The Balaban J connectivity index is 2.30. The number of fused-ring (bicyclic) bond motifs is 1. The number of carbonyl (C=O) groups excluding carboxylic acids is 2. The number of hydrogen-bond acceptors (Lipinski definition) is 4. The fraction of sp³-hybridized carbons (Fsp3) is 0.667. The Hall–Kier alpha value is -1.36. The van der Waals surface area contributed by atoms with Crippen LogP contribution in [0, 0.1) is 11.8 Å². The van der Waals surface area contributed by atoms with E-state index in [9.17, 15) is 9.59 Å². The molecule has 128 valence electrons. The average molecular weight is 337 g/mol. The van der Waals surface area contributed by atoms with Gasteiger partial charge in [0, 0.05) is 11.3 Å². The zero-order valence-electron chi connectivity index (χ0n) is 14.5. The van der Waals surface area contributed by atoms with Crippen molar-refractivity contribution in [2.75, 3.05) is 11.9 Å². The summed E-state index contributed by atoms with van der Waals surface area (Å²) in [4.78, 5) is 25.8. The quantitative estimate of drug-likeness (QED) is 0.782. The van der Waals surface area contributed by atoms with Gasteiger partial charge in [-0.05, 0) is 43.6 Å². The molecule has 1 aromatic rings. The van der Waals surface area contributed by atoms with Crippen LogP contribution in [0.3, 0.4) is 0 Å².